The van der Waals surface area contributed by atoms with Gasteiger partial charge < -0.3 is 18.5 Å². The largest absolute Gasteiger partial charge is 0.453 e. The molecule has 0 unspecified atom stereocenters. The van der Waals surface area contributed by atoms with E-state index in [0.717, 1.165) is 78.1 Å². The zero-order valence-electron chi connectivity index (χ0n) is 31.5. The third-order valence-electron chi connectivity index (χ3n) is 11.7. The molecule has 0 radical (unpaired) electrons. The van der Waals surface area contributed by atoms with Crippen molar-refractivity contribution in [2.75, 3.05) is 4.90 Å². The quantitative estimate of drug-likeness (QED) is 0.170. The number of fused-ring (bicyclic) bond motifs is 9. The third-order valence-corrected chi connectivity index (χ3v) is 11.7. The molecular weight excluding hydrogens is 707 g/mol. The zero-order chi connectivity index (χ0) is 38.2. The molecule has 0 aliphatic carbocycles. The monoisotopic (exact) mass is 741 g/mol. The second kappa shape index (κ2) is 12.9. The topological polar surface area (TPSA) is 26.2 Å². The Labute approximate surface area is 334 Å². The Balaban J connectivity index is 1.20. The van der Waals surface area contributed by atoms with Gasteiger partial charge in [-0.3, -0.25) is 0 Å². The van der Waals surface area contributed by atoms with Crippen LogP contribution in [-0.4, -0.2) is 9.13 Å². The molecular formula is C54H35N3O. The summed E-state index contributed by atoms with van der Waals surface area (Å²) < 4.78 is 11.9. The fourth-order valence-electron chi connectivity index (χ4n) is 9.23. The van der Waals surface area contributed by atoms with E-state index in [0.29, 0.717) is 0 Å². The summed E-state index contributed by atoms with van der Waals surface area (Å²) in [6, 6.07) is 76.0. The number of hydrogen-bond acceptors (Lipinski definition) is 2. The maximum atomic E-state index is 7.14. The van der Waals surface area contributed by atoms with Gasteiger partial charge in [-0.2, -0.15) is 0 Å². The van der Waals surface area contributed by atoms with Crippen LogP contribution in [0.3, 0.4) is 0 Å². The van der Waals surface area contributed by atoms with E-state index in [9.17, 15) is 0 Å². The average Bonchev–Trinajstić information content (AvgIpc) is 3.96. The van der Waals surface area contributed by atoms with Gasteiger partial charge in [0.05, 0.1) is 33.4 Å². The highest BCUT2D eigenvalue weighted by Crippen LogP contribution is 2.48. The lowest BCUT2D eigenvalue weighted by atomic mass is 10.0. The molecule has 9 aromatic carbocycles. The fraction of sp³-hybridized carbons (Fsp3) is 0. The first-order valence-corrected chi connectivity index (χ1v) is 19.8. The number of benzene rings is 9. The molecule has 4 heteroatoms. The van der Waals surface area contributed by atoms with Crippen molar-refractivity contribution in [1.82, 2.24) is 9.13 Å². The van der Waals surface area contributed by atoms with Gasteiger partial charge in [0.1, 0.15) is 5.58 Å². The number of nitrogens with zero attached hydrogens (tertiary/aromatic N) is 3. The predicted molar refractivity (Wildman–Crippen MR) is 243 cm³/mol. The highest BCUT2D eigenvalue weighted by Gasteiger charge is 2.25. The second-order valence-electron chi connectivity index (χ2n) is 14.9. The molecule has 0 bridgehead atoms. The molecule has 3 aromatic heterocycles. The van der Waals surface area contributed by atoms with Gasteiger partial charge in [0.25, 0.3) is 0 Å². The molecule has 58 heavy (non-hydrogen) atoms. The van der Waals surface area contributed by atoms with Gasteiger partial charge in [-0.1, -0.05) is 146 Å². The lowest BCUT2D eigenvalue weighted by molar-refractivity contribution is 0.670. The first kappa shape index (κ1) is 32.4. The molecule has 0 aliphatic heterocycles. The van der Waals surface area contributed by atoms with E-state index >= 15 is 0 Å². The van der Waals surface area contributed by atoms with Gasteiger partial charge in [0.2, 0.25) is 0 Å². The number of para-hydroxylation sites is 6. The van der Waals surface area contributed by atoms with Crippen LogP contribution in [0.15, 0.2) is 217 Å². The Morgan fingerprint density at radius 1 is 0.345 bits per heavy atom. The standard InChI is InChI=1S/C54H35N3O/c1-4-17-36(18-5-1)40-25-14-26-43-44-27-15-32-50(54(44)58-53(40)43)57(39-33-34-42-41-23-10-12-28-46(41)56(51(42)35-39)38-21-8-3-9-22-38)49-31-16-30-48-52(49)45-24-11-13-29-47(45)55(48)37-19-6-2-7-20-37/h1-35H. The Morgan fingerprint density at radius 2 is 0.862 bits per heavy atom. The van der Waals surface area contributed by atoms with Gasteiger partial charge >= 0.3 is 0 Å². The van der Waals surface area contributed by atoms with E-state index < -0.39 is 0 Å². The lowest BCUT2D eigenvalue weighted by Gasteiger charge is -2.27. The highest BCUT2D eigenvalue weighted by atomic mass is 16.3. The van der Waals surface area contributed by atoms with Crippen LogP contribution in [0.4, 0.5) is 17.1 Å². The first-order valence-electron chi connectivity index (χ1n) is 19.8. The average molecular weight is 742 g/mol. The summed E-state index contributed by atoms with van der Waals surface area (Å²) in [5, 5.41) is 6.95. The second-order valence-corrected chi connectivity index (χ2v) is 14.9. The summed E-state index contributed by atoms with van der Waals surface area (Å²) in [6.07, 6.45) is 0. The van der Waals surface area contributed by atoms with Crippen molar-refractivity contribution in [3.8, 4) is 22.5 Å². The molecule has 272 valence electrons. The van der Waals surface area contributed by atoms with E-state index in [1.54, 1.807) is 0 Å². The van der Waals surface area contributed by atoms with Crippen molar-refractivity contribution in [3.05, 3.63) is 212 Å². The zero-order valence-corrected chi connectivity index (χ0v) is 31.5. The molecule has 0 amide bonds. The van der Waals surface area contributed by atoms with Gasteiger partial charge in [0, 0.05) is 54.9 Å². The molecule has 0 atom stereocenters. The molecule has 4 nitrogen and oxygen atoms in total. The molecule has 3 heterocycles. The van der Waals surface area contributed by atoms with E-state index in [2.05, 4.69) is 226 Å². The molecule has 0 aliphatic rings. The summed E-state index contributed by atoms with van der Waals surface area (Å²) in [7, 11) is 0. The number of aromatic nitrogens is 2. The minimum atomic E-state index is 0.841. The van der Waals surface area contributed by atoms with Crippen LogP contribution in [-0.2, 0) is 0 Å². The normalized spacial score (nSPS) is 11.8. The summed E-state index contributed by atoms with van der Waals surface area (Å²) in [5.41, 5.74) is 13.9. The summed E-state index contributed by atoms with van der Waals surface area (Å²) in [4.78, 5) is 2.42. The van der Waals surface area contributed by atoms with Gasteiger partial charge in [-0.25, -0.2) is 0 Å². The Hall–Kier alpha value is -7.82. The summed E-state index contributed by atoms with van der Waals surface area (Å²) in [6.45, 7) is 0. The molecule has 0 saturated heterocycles. The van der Waals surface area contributed by atoms with Crippen LogP contribution in [0.1, 0.15) is 0 Å². The lowest BCUT2D eigenvalue weighted by Crippen LogP contribution is -2.11. The molecule has 12 rings (SSSR count). The summed E-state index contributed by atoms with van der Waals surface area (Å²) >= 11 is 0. The third kappa shape index (κ3) is 4.82. The minimum absolute atomic E-state index is 0.841. The van der Waals surface area contributed by atoms with Gasteiger partial charge in [0.15, 0.2) is 5.58 Å². The van der Waals surface area contributed by atoms with E-state index in [1.807, 2.05) is 0 Å². The van der Waals surface area contributed by atoms with Crippen LogP contribution in [0, 0.1) is 0 Å². The van der Waals surface area contributed by atoms with Crippen LogP contribution in [0.2, 0.25) is 0 Å². The van der Waals surface area contributed by atoms with Gasteiger partial charge in [-0.05, 0) is 72.3 Å². The van der Waals surface area contributed by atoms with Crippen molar-refractivity contribution in [3.63, 3.8) is 0 Å². The number of rotatable bonds is 6. The summed E-state index contributed by atoms with van der Waals surface area (Å²) in [5.74, 6) is 0. The Kier molecular flexibility index (Phi) is 7.20. The molecule has 0 spiro atoms. The highest BCUT2D eigenvalue weighted by molar-refractivity contribution is 6.19. The number of furan rings is 1. The van der Waals surface area contributed by atoms with E-state index in [1.165, 1.54) is 27.1 Å². The van der Waals surface area contributed by atoms with Crippen molar-refractivity contribution >= 4 is 82.6 Å². The van der Waals surface area contributed by atoms with Crippen molar-refractivity contribution in [2.24, 2.45) is 0 Å². The molecule has 12 aromatic rings. The maximum absolute atomic E-state index is 7.14. The van der Waals surface area contributed by atoms with Crippen molar-refractivity contribution in [1.29, 1.82) is 0 Å². The van der Waals surface area contributed by atoms with Crippen molar-refractivity contribution < 1.29 is 4.42 Å². The molecule has 0 N–H and O–H groups in total. The fourth-order valence-corrected chi connectivity index (χ4v) is 9.23. The Morgan fingerprint density at radius 3 is 1.60 bits per heavy atom. The van der Waals surface area contributed by atoms with Crippen LogP contribution in [0.25, 0.3) is 88.1 Å². The van der Waals surface area contributed by atoms with Gasteiger partial charge in [-0.15, -0.1) is 0 Å². The first-order chi connectivity index (χ1) is 28.8. The predicted octanol–water partition coefficient (Wildman–Crippen LogP) is 14.9. The van der Waals surface area contributed by atoms with Crippen molar-refractivity contribution in [2.45, 2.75) is 0 Å². The minimum Gasteiger partial charge on any atom is -0.453 e. The van der Waals surface area contributed by atoms with E-state index in [4.69, 9.17) is 4.42 Å². The SMILES string of the molecule is c1ccc(-c2cccc3c2oc2c(N(c4ccc5c6ccccc6n(-c6ccccc6)c5c4)c4cccc5c4c4ccccc4n5-c4ccccc4)cccc23)cc1. The molecule has 0 fully saturated rings. The number of hydrogen-bond donors (Lipinski definition) is 0. The maximum Gasteiger partial charge on any atom is 0.159 e. The van der Waals surface area contributed by atoms with Crippen LogP contribution in [0.5, 0.6) is 0 Å². The van der Waals surface area contributed by atoms with Crippen LogP contribution >= 0.6 is 0 Å². The Bertz CT molecular complexity index is 3500. The smallest absolute Gasteiger partial charge is 0.159 e. The molecule has 0 saturated carbocycles. The van der Waals surface area contributed by atoms with E-state index in [-0.39, 0.29) is 0 Å². The number of anilines is 3. The van der Waals surface area contributed by atoms with Crippen LogP contribution < -0.4 is 4.90 Å².